The minimum Gasteiger partial charge on any atom is -0.379 e. The zero-order valence-electron chi connectivity index (χ0n) is 46.8. The molecule has 3 aliphatic carbocycles. The molecule has 3 saturated heterocycles. The summed E-state index contributed by atoms with van der Waals surface area (Å²) in [6.07, 6.45) is 6.49. The quantitative estimate of drug-likeness (QED) is 0.0718. The molecule has 5 aromatic rings. The molecule has 0 amide bonds. The topological polar surface area (TPSA) is 211 Å². The Hall–Kier alpha value is -6.16. The fourth-order valence-corrected chi connectivity index (χ4v) is 10.3. The van der Waals surface area contributed by atoms with Crippen LogP contribution >= 0.6 is 11.6 Å². The summed E-state index contributed by atoms with van der Waals surface area (Å²) in [6.45, 7) is 16.0. The molecule has 0 aromatic carbocycles. The van der Waals surface area contributed by atoms with Gasteiger partial charge in [-0.05, 0) is 71.4 Å². The maximum atomic E-state index is 13.4. The Kier molecular flexibility index (Phi) is 20.6. The zero-order valence-corrected chi connectivity index (χ0v) is 47.5. The molecule has 0 atom stereocenters. The summed E-state index contributed by atoms with van der Waals surface area (Å²) in [4.78, 5) is 31.4. The van der Waals surface area contributed by atoms with Crippen LogP contribution in [0.2, 0.25) is 5.15 Å². The predicted molar refractivity (Wildman–Crippen MR) is 302 cm³/mol. The van der Waals surface area contributed by atoms with Crippen molar-refractivity contribution in [1.82, 2.24) is 54.8 Å². The second-order valence-corrected chi connectivity index (χ2v) is 22.0. The molecule has 4 aliphatic heterocycles. The minimum atomic E-state index is -2.54. The molecule has 82 heavy (non-hydrogen) atoms. The van der Waals surface area contributed by atoms with E-state index in [0.29, 0.717) is 100 Å². The predicted octanol–water partition coefficient (Wildman–Crippen LogP) is 8.91. The van der Waals surface area contributed by atoms with Crippen LogP contribution in [0.5, 0.6) is 0 Å². The van der Waals surface area contributed by atoms with Gasteiger partial charge in [0, 0.05) is 139 Å². The van der Waals surface area contributed by atoms with Crippen molar-refractivity contribution in [3.63, 3.8) is 0 Å². The van der Waals surface area contributed by atoms with Gasteiger partial charge >= 0.3 is 0 Å². The molecular weight excluding hydrogens is 1100 g/mol. The number of nitrogens with one attached hydrogen (secondary N) is 4. The van der Waals surface area contributed by atoms with Crippen molar-refractivity contribution >= 4 is 52.4 Å². The highest BCUT2D eigenvalue weighted by Gasteiger charge is 2.37. The number of aryl methyl sites for hydroxylation is 2. The Labute approximate surface area is 478 Å². The molecule has 4 N–H and O–H groups in total. The molecule has 448 valence electrons. The summed E-state index contributed by atoms with van der Waals surface area (Å²) in [6, 6.07) is 9.08. The Balaban J connectivity index is 0.000000141. The highest BCUT2D eigenvalue weighted by atomic mass is 35.5. The van der Waals surface area contributed by atoms with E-state index in [-0.39, 0.29) is 61.8 Å². The molecule has 0 bridgehead atoms. The second kappa shape index (κ2) is 27.9. The fraction of sp³-hybridized carbons (Fsp3) is 0.648. The third-order valence-corrected chi connectivity index (χ3v) is 15.1. The van der Waals surface area contributed by atoms with Crippen LogP contribution in [-0.2, 0) is 14.2 Å². The van der Waals surface area contributed by atoms with Crippen molar-refractivity contribution in [1.29, 1.82) is 0 Å². The Bertz CT molecular complexity index is 2830. The van der Waals surface area contributed by atoms with Crippen molar-refractivity contribution < 1.29 is 40.6 Å². The van der Waals surface area contributed by atoms with Crippen molar-refractivity contribution in [2.45, 2.75) is 140 Å². The van der Waals surface area contributed by atoms with E-state index in [1.807, 2.05) is 56.2 Å². The zero-order chi connectivity index (χ0) is 57.7. The number of anilines is 6. The van der Waals surface area contributed by atoms with E-state index in [2.05, 4.69) is 71.3 Å². The van der Waals surface area contributed by atoms with Gasteiger partial charge in [-0.1, -0.05) is 11.6 Å². The number of aromatic nitrogens is 10. The molecule has 0 spiro atoms. The van der Waals surface area contributed by atoms with E-state index in [1.165, 1.54) is 4.68 Å². The normalized spacial score (nSPS) is 21.2. The second-order valence-electron chi connectivity index (χ2n) is 21.6. The molecule has 28 heteroatoms. The summed E-state index contributed by atoms with van der Waals surface area (Å²) in [5, 5.41) is 28.2. The number of ether oxygens (including phenoxy) is 3. The van der Waals surface area contributed by atoms with Gasteiger partial charge in [-0.3, -0.25) is 0 Å². The average molecular weight is 1170 g/mol. The summed E-state index contributed by atoms with van der Waals surface area (Å²) >= 11 is 6.02. The molecule has 3 saturated carbocycles. The Morgan fingerprint density at radius 3 is 1.27 bits per heavy atom. The van der Waals surface area contributed by atoms with Crippen LogP contribution in [0.15, 0.2) is 47.8 Å². The van der Waals surface area contributed by atoms with Crippen molar-refractivity contribution in [3.05, 3.63) is 59.3 Å². The van der Waals surface area contributed by atoms with Crippen LogP contribution in [0.4, 0.5) is 61.4 Å². The average Bonchev–Trinajstić information content (AvgIpc) is 4.42. The lowest BCUT2D eigenvalue weighted by molar-refractivity contribution is -0.0366. The summed E-state index contributed by atoms with van der Waals surface area (Å²) in [5.74, 6) is -2.78. The van der Waals surface area contributed by atoms with Crippen molar-refractivity contribution in [3.8, 4) is 11.9 Å². The molecule has 0 unspecified atom stereocenters. The van der Waals surface area contributed by atoms with Crippen molar-refractivity contribution in [2.75, 3.05) is 116 Å². The van der Waals surface area contributed by atoms with Crippen LogP contribution < -0.4 is 36.1 Å². The highest BCUT2D eigenvalue weighted by Crippen LogP contribution is 2.37. The molecule has 12 rings (SSSR count). The van der Waals surface area contributed by atoms with Gasteiger partial charge in [-0.2, -0.15) is 45.2 Å². The standard InChI is InChI=1S/C18H26F2N6O.C18H24F2N6O.C14H16ClF2N5.C4H9NO/c2*1-13-4-7-26(24-13)17-22-15(21-14-2-5-18(19,20)6-3-14)12-16(23-17)25-8-10-27-11-9-25;1-9-4-7-22(21-9)13-19-11(15)8-12(20-13)18-10-2-5-14(16,17)6-3-10;1-3-6-4-2-5-1/h12,14H,2-11H2,1H3,(H,21,22,23);4,7,12,14H,2-3,5-6,8-11H2,1H3,(H,21,22,23);4,7-8,10H,2-3,5-6H2,1H3,(H,18,19,20);5H,1-4H2. The van der Waals surface area contributed by atoms with Crippen LogP contribution in [0.25, 0.3) is 11.9 Å². The maximum Gasteiger partial charge on any atom is 0.254 e. The summed E-state index contributed by atoms with van der Waals surface area (Å²) < 4.78 is 99.1. The van der Waals surface area contributed by atoms with Crippen LogP contribution in [-0.4, -0.2) is 177 Å². The highest BCUT2D eigenvalue weighted by molar-refractivity contribution is 6.29. The lowest BCUT2D eigenvalue weighted by atomic mass is 9.92. The summed E-state index contributed by atoms with van der Waals surface area (Å²) in [7, 11) is 0. The third kappa shape index (κ3) is 18.2. The van der Waals surface area contributed by atoms with Gasteiger partial charge in [0.1, 0.15) is 34.2 Å². The Morgan fingerprint density at radius 1 is 0.512 bits per heavy atom. The lowest BCUT2D eigenvalue weighted by Gasteiger charge is -2.31. The maximum absolute atomic E-state index is 13.4. The molecular formula is C54H75ClF6N18O3. The molecule has 6 fully saturated rings. The minimum absolute atomic E-state index is 0.00808. The van der Waals surface area contributed by atoms with Crippen LogP contribution in [0.3, 0.4) is 0 Å². The van der Waals surface area contributed by atoms with E-state index in [0.717, 1.165) is 94.2 Å². The van der Waals surface area contributed by atoms with Crippen LogP contribution in [0.1, 0.15) is 102 Å². The summed E-state index contributed by atoms with van der Waals surface area (Å²) in [5.41, 5.74) is 2.77. The molecule has 5 aromatic heterocycles. The van der Waals surface area contributed by atoms with Gasteiger partial charge in [0.2, 0.25) is 23.7 Å². The van der Waals surface area contributed by atoms with Crippen molar-refractivity contribution in [2.24, 2.45) is 5.10 Å². The molecule has 0 radical (unpaired) electrons. The smallest absolute Gasteiger partial charge is 0.254 e. The SMILES string of the molecule is C1COCCN1.CC1=NN(c2nc(NC3CCC(F)(F)CC3)cc(N3CCOCC3)n2)CC1.Cc1ccn(-c2nc(Cl)cc(NC3CCC(F)(F)CC3)n2)n1.Cc1ccn(-c2nc(NC3CCC(F)(F)CC3)cc(N3CCOCC3)n2)n1. The number of morpholine rings is 3. The van der Waals surface area contributed by atoms with Gasteiger partial charge in [-0.25, -0.2) is 40.7 Å². The number of hydrazone groups is 1. The van der Waals surface area contributed by atoms with E-state index in [4.69, 9.17) is 30.8 Å². The first kappa shape index (κ1) is 60.4. The molecule has 7 aliphatic rings. The van der Waals surface area contributed by atoms with Gasteiger partial charge in [0.25, 0.3) is 11.9 Å². The number of alkyl halides is 6. The number of hydrogen-bond acceptors (Lipinski definition) is 19. The third-order valence-electron chi connectivity index (χ3n) is 14.9. The van der Waals surface area contributed by atoms with E-state index in [9.17, 15) is 26.3 Å². The van der Waals surface area contributed by atoms with Gasteiger partial charge in [0.15, 0.2) is 0 Å². The van der Waals surface area contributed by atoms with E-state index >= 15 is 0 Å². The van der Waals surface area contributed by atoms with E-state index in [1.54, 1.807) is 16.9 Å². The van der Waals surface area contributed by atoms with Gasteiger partial charge < -0.3 is 45.3 Å². The number of halogens is 7. The molecule has 21 nitrogen and oxygen atoms in total. The van der Waals surface area contributed by atoms with E-state index < -0.39 is 17.8 Å². The number of nitrogens with zero attached hydrogens (tertiary/aromatic N) is 14. The monoisotopic (exact) mass is 1170 g/mol. The van der Waals surface area contributed by atoms with Crippen LogP contribution in [0, 0.1) is 13.8 Å². The fourth-order valence-electron chi connectivity index (χ4n) is 10.2. The largest absolute Gasteiger partial charge is 0.379 e. The molecule has 9 heterocycles. The van der Waals surface area contributed by atoms with Gasteiger partial charge in [-0.15, -0.1) is 0 Å². The Morgan fingerprint density at radius 2 is 0.902 bits per heavy atom. The first-order valence-corrected chi connectivity index (χ1v) is 28.8. The van der Waals surface area contributed by atoms with Gasteiger partial charge in [0.05, 0.1) is 57.6 Å². The lowest BCUT2D eigenvalue weighted by Crippen LogP contribution is -2.37. The number of rotatable bonds is 11. The number of hydrogen-bond donors (Lipinski definition) is 4. The first-order valence-electron chi connectivity index (χ1n) is 28.4. The first-order chi connectivity index (χ1) is 39.4.